The van der Waals surface area contributed by atoms with E-state index in [-0.39, 0.29) is 24.2 Å². The molecule has 1 aliphatic carbocycles. The summed E-state index contributed by atoms with van der Waals surface area (Å²) in [6, 6.07) is -0.122. The molecule has 5 nitrogen and oxygen atoms in total. The van der Waals surface area contributed by atoms with Gasteiger partial charge >= 0.3 is 0 Å². The summed E-state index contributed by atoms with van der Waals surface area (Å²) in [5.41, 5.74) is 0. The van der Waals surface area contributed by atoms with Gasteiger partial charge < -0.3 is 20.5 Å². The lowest BCUT2D eigenvalue weighted by atomic mass is 9.87. The van der Waals surface area contributed by atoms with E-state index in [0.717, 1.165) is 38.6 Å². The highest BCUT2D eigenvalue weighted by Gasteiger charge is 2.29. The van der Waals surface area contributed by atoms with Crippen molar-refractivity contribution in [2.24, 2.45) is 5.92 Å². The molecule has 0 aromatic carbocycles. The van der Waals surface area contributed by atoms with Gasteiger partial charge in [-0.3, -0.25) is 4.79 Å². The van der Waals surface area contributed by atoms with E-state index < -0.39 is 0 Å². The lowest BCUT2D eigenvalue weighted by Gasteiger charge is -2.26. The Bertz CT molecular complexity index is 285. The molecular weight excluding hydrogens is 232 g/mol. The molecule has 1 amide bonds. The van der Waals surface area contributed by atoms with Gasteiger partial charge in [0.25, 0.3) is 0 Å². The van der Waals surface area contributed by atoms with Crippen LogP contribution in [0.4, 0.5) is 0 Å². The average Bonchev–Trinajstić information content (AvgIpc) is 2.85. The molecule has 0 aromatic heterocycles. The molecule has 0 bridgehead atoms. The van der Waals surface area contributed by atoms with Gasteiger partial charge in [0.05, 0.1) is 18.2 Å². The first-order valence-electron chi connectivity index (χ1n) is 6.91. The topological polar surface area (TPSA) is 70.6 Å². The number of carbonyl (C=O) groups is 1. The summed E-state index contributed by atoms with van der Waals surface area (Å²) in [6.07, 6.45) is 4.62. The van der Waals surface area contributed by atoms with Crippen LogP contribution in [-0.4, -0.2) is 49.5 Å². The molecule has 104 valence electrons. The first-order valence-corrected chi connectivity index (χ1v) is 6.91. The molecule has 1 aliphatic heterocycles. The van der Waals surface area contributed by atoms with Crippen LogP contribution in [0.1, 0.15) is 32.1 Å². The summed E-state index contributed by atoms with van der Waals surface area (Å²) in [5.74, 6) is 0.493. The average molecular weight is 256 g/mol. The van der Waals surface area contributed by atoms with E-state index in [0.29, 0.717) is 12.5 Å². The Morgan fingerprint density at radius 3 is 2.94 bits per heavy atom. The molecule has 5 heteroatoms. The van der Waals surface area contributed by atoms with Crippen LogP contribution >= 0.6 is 0 Å². The zero-order valence-electron chi connectivity index (χ0n) is 11.0. The SMILES string of the molecule is COC1CNC(C(=O)NCC2CCCC(O)C2)C1. The van der Waals surface area contributed by atoms with Crippen LogP contribution in [0.3, 0.4) is 0 Å². The first-order chi connectivity index (χ1) is 8.69. The highest BCUT2D eigenvalue weighted by Crippen LogP contribution is 2.23. The van der Waals surface area contributed by atoms with Crippen LogP contribution in [0.5, 0.6) is 0 Å². The third-order valence-corrected chi connectivity index (χ3v) is 4.06. The van der Waals surface area contributed by atoms with E-state index in [1.807, 2.05) is 0 Å². The van der Waals surface area contributed by atoms with Crippen molar-refractivity contribution in [1.29, 1.82) is 0 Å². The monoisotopic (exact) mass is 256 g/mol. The summed E-state index contributed by atoms with van der Waals surface area (Å²) in [5, 5.41) is 15.7. The van der Waals surface area contributed by atoms with Crippen molar-refractivity contribution in [1.82, 2.24) is 10.6 Å². The number of nitrogens with one attached hydrogen (secondary N) is 2. The third-order valence-electron chi connectivity index (χ3n) is 4.06. The Balaban J connectivity index is 1.68. The Labute approximate surface area is 108 Å². The molecule has 1 heterocycles. The maximum atomic E-state index is 11.9. The number of hydrogen-bond donors (Lipinski definition) is 3. The minimum Gasteiger partial charge on any atom is -0.393 e. The molecule has 0 radical (unpaired) electrons. The standard InChI is InChI=1S/C13H24N2O3/c1-18-11-6-12(14-8-11)13(17)15-7-9-3-2-4-10(16)5-9/h9-12,14,16H,2-8H2,1H3,(H,15,17). The normalized spacial score (nSPS) is 36.6. The quantitative estimate of drug-likeness (QED) is 0.664. The minimum absolute atomic E-state index is 0.0645. The Kier molecular flexibility index (Phi) is 4.97. The molecule has 2 rings (SSSR count). The van der Waals surface area contributed by atoms with Gasteiger partial charge in [-0.2, -0.15) is 0 Å². The van der Waals surface area contributed by atoms with Crippen LogP contribution in [0, 0.1) is 5.92 Å². The second-order valence-corrected chi connectivity index (χ2v) is 5.49. The lowest BCUT2D eigenvalue weighted by Crippen LogP contribution is -2.43. The highest BCUT2D eigenvalue weighted by molar-refractivity contribution is 5.82. The van der Waals surface area contributed by atoms with E-state index >= 15 is 0 Å². The molecule has 18 heavy (non-hydrogen) atoms. The van der Waals surface area contributed by atoms with Gasteiger partial charge in [0.1, 0.15) is 0 Å². The van der Waals surface area contributed by atoms with Crippen molar-refractivity contribution >= 4 is 5.91 Å². The third kappa shape index (κ3) is 3.67. The van der Waals surface area contributed by atoms with Gasteiger partial charge in [-0.15, -0.1) is 0 Å². The maximum absolute atomic E-state index is 11.9. The molecule has 1 saturated heterocycles. The van der Waals surface area contributed by atoms with Gasteiger partial charge in [0.15, 0.2) is 0 Å². The lowest BCUT2D eigenvalue weighted by molar-refractivity contribution is -0.123. The summed E-state index contributed by atoms with van der Waals surface area (Å²) >= 11 is 0. The summed E-state index contributed by atoms with van der Waals surface area (Å²) in [6.45, 7) is 1.43. The number of amides is 1. The summed E-state index contributed by atoms with van der Waals surface area (Å²) in [7, 11) is 1.68. The van der Waals surface area contributed by atoms with Gasteiger partial charge in [-0.25, -0.2) is 0 Å². The summed E-state index contributed by atoms with van der Waals surface area (Å²) in [4.78, 5) is 11.9. The Morgan fingerprint density at radius 1 is 1.44 bits per heavy atom. The van der Waals surface area contributed by atoms with Crippen molar-refractivity contribution in [2.45, 2.75) is 50.4 Å². The van der Waals surface area contributed by atoms with E-state index in [1.165, 1.54) is 0 Å². The number of rotatable bonds is 4. The number of carbonyl (C=O) groups excluding carboxylic acids is 1. The summed E-state index contributed by atoms with van der Waals surface area (Å²) < 4.78 is 5.22. The molecule has 0 spiro atoms. The van der Waals surface area contributed by atoms with Gasteiger partial charge in [-0.1, -0.05) is 6.42 Å². The molecule has 1 saturated carbocycles. The molecule has 3 N–H and O–H groups in total. The van der Waals surface area contributed by atoms with E-state index in [2.05, 4.69) is 10.6 Å². The zero-order chi connectivity index (χ0) is 13.0. The second-order valence-electron chi connectivity index (χ2n) is 5.49. The van der Waals surface area contributed by atoms with Crippen molar-refractivity contribution in [3.05, 3.63) is 0 Å². The van der Waals surface area contributed by atoms with Gasteiger partial charge in [0.2, 0.25) is 5.91 Å². The Morgan fingerprint density at radius 2 is 2.28 bits per heavy atom. The van der Waals surface area contributed by atoms with E-state index in [4.69, 9.17) is 4.74 Å². The fraction of sp³-hybridized carbons (Fsp3) is 0.923. The first kappa shape index (κ1) is 13.8. The number of hydrogen-bond acceptors (Lipinski definition) is 4. The molecule has 4 atom stereocenters. The fourth-order valence-corrected chi connectivity index (χ4v) is 2.90. The largest absolute Gasteiger partial charge is 0.393 e. The van der Waals surface area contributed by atoms with Gasteiger partial charge in [0, 0.05) is 20.2 Å². The predicted octanol–water partition coefficient (Wildman–Crippen LogP) is 0.0306. The van der Waals surface area contributed by atoms with Crippen LogP contribution in [0.2, 0.25) is 0 Å². The molecule has 4 unspecified atom stereocenters. The van der Waals surface area contributed by atoms with Crippen LogP contribution in [0.15, 0.2) is 0 Å². The molecule has 2 aliphatic rings. The number of aliphatic hydroxyl groups excluding tert-OH is 1. The van der Waals surface area contributed by atoms with Crippen molar-refractivity contribution < 1.29 is 14.6 Å². The number of ether oxygens (including phenoxy) is 1. The van der Waals surface area contributed by atoms with E-state index in [9.17, 15) is 9.90 Å². The maximum Gasteiger partial charge on any atom is 0.237 e. The van der Waals surface area contributed by atoms with Crippen LogP contribution < -0.4 is 10.6 Å². The molecular formula is C13H24N2O3. The van der Waals surface area contributed by atoms with Gasteiger partial charge in [-0.05, 0) is 31.6 Å². The van der Waals surface area contributed by atoms with E-state index in [1.54, 1.807) is 7.11 Å². The minimum atomic E-state index is -0.178. The van der Waals surface area contributed by atoms with Crippen molar-refractivity contribution in [3.63, 3.8) is 0 Å². The Hall–Kier alpha value is -0.650. The number of methoxy groups -OCH3 is 1. The predicted molar refractivity (Wildman–Crippen MR) is 68.2 cm³/mol. The molecule has 0 aromatic rings. The van der Waals surface area contributed by atoms with Crippen molar-refractivity contribution in [3.8, 4) is 0 Å². The fourth-order valence-electron chi connectivity index (χ4n) is 2.90. The zero-order valence-corrected chi connectivity index (χ0v) is 11.0. The second kappa shape index (κ2) is 6.50. The number of aliphatic hydroxyl groups is 1. The van der Waals surface area contributed by atoms with Crippen LogP contribution in [-0.2, 0) is 9.53 Å². The smallest absolute Gasteiger partial charge is 0.237 e. The molecule has 2 fully saturated rings. The highest BCUT2D eigenvalue weighted by atomic mass is 16.5. The van der Waals surface area contributed by atoms with Crippen molar-refractivity contribution in [2.75, 3.05) is 20.2 Å². The van der Waals surface area contributed by atoms with Crippen LogP contribution in [0.25, 0.3) is 0 Å².